The number of benzene rings is 2. The second kappa shape index (κ2) is 9.01. The molecule has 31 heavy (non-hydrogen) atoms. The van der Waals surface area contributed by atoms with E-state index in [-0.39, 0.29) is 5.69 Å². The van der Waals surface area contributed by atoms with Gasteiger partial charge in [0.05, 0.1) is 12.7 Å². The number of hydrogen-bond donors (Lipinski definition) is 2. The molecular formula is C23H18BrN3O4. The number of rotatable bonds is 6. The Morgan fingerprint density at radius 3 is 2.71 bits per heavy atom. The average molecular weight is 480 g/mol. The molecule has 4 aromatic rings. The Bertz CT molecular complexity index is 1300. The third kappa shape index (κ3) is 4.75. The number of amides is 1. The van der Waals surface area contributed by atoms with Crippen LogP contribution < -0.4 is 21.0 Å². The zero-order chi connectivity index (χ0) is 21.8. The number of fused-ring (bicyclic) bond motifs is 1. The highest BCUT2D eigenvalue weighted by molar-refractivity contribution is 9.10. The van der Waals surface area contributed by atoms with Crippen LogP contribution in [0.3, 0.4) is 0 Å². The average Bonchev–Trinajstić information content (AvgIpc) is 2.79. The minimum absolute atomic E-state index is 0.0644. The molecule has 1 amide bonds. The molecule has 0 aliphatic rings. The Hall–Kier alpha value is -3.65. The van der Waals surface area contributed by atoms with E-state index in [2.05, 4.69) is 31.5 Å². The van der Waals surface area contributed by atoms with Gasteiger partial charge in [0.1, 0.15) is 21.6 Å². The smallest absolute Gasteiger partial charge is 0.360 e. The summed E-state index contributed by atoms with van der Waals surface area (Å²) in [5.74, 6) is 0.158. The molecule has 2 aromatic heterocycles. The maximum atomic E-state index is 12.9. The van der Waals surface area contributed by atoms with Crippen molar-refractivity contribution in [1.82, 2.24) is 4.98 Å². The standard InChI is InChI=1S/C23H18BrN3O4/c1-30-16-8-7-15-10-19(23(29)31-20(15)11-16)27-22(28)17-4-2-3-5-18(17)25-12-14-6-9-21(24)26-13-14/h2-11,13,25H,12H2,1H3,(H,27,28). The van der Waals surface area contributed by atoms with E-state index in [1.807, 2.05) is 18.2 Å². The molecule has 0 bridgehead atoms. The fourth-order valence-electron chi connectivity index (χ4n) is 3.04. The molecule has 0 radical (unpaired) electrons. The number of carbonyl (C=O) groups excluding carboxylic acids is 1. The fraction of sp³-hybridized carbons (Fsp3) is 0.0870. The molecule has 0 atom stereocenters. The SMILES string of the molecule is COc1ccc2cc(NC(=O)c3ccccc3NCc3ccc(Br)nc3)c(=O)oc2c1. The maximum Gasteiger partial charge on any atom is 0.360 e. The van der Waals surface area contributed by atoms with E-state index in [9.17, 15) is 9.59 Å². The van der Waals surface area contributed by atoms with E-state index in [1.54, 1.807) is 48.7 Å². The van der Waals surface area contributed by atoms with Gasteiger partial charge in [-0.05, 0) is 57.9 Å². The normalized spacial score (nSPS) is 10.6. The van der Waals surface area contributed by atoms with Crippen molar-refractivity contribution in [2.24, 2.45) is 0 Å². The van der Waals surface area contributed by atoms with E-state index in [4.69, 9.17) is 9.15 Å². The second-order valence-corrected chi connectivity index (χ2v) is 7.51. The third-order valence-corrected chi connectivity index (χ3v) is 5.10. The monoisotopic (exact) mass is 479 g/mol. The number of halogens is 1. The quantitative estimate of drug-likeness (QED) is 0.304. The number of methoxy groups -OCH3 is 1. The summed E-state index contributed by atoms with van der Waals surface area (Å²) >= 11 is 3.31. The molecule has 2 N–H and O–H groups in total. The Kier molecular flexibility index (Phi) is 5.99. The molecule has 0 aliphatic carbocycles. The van der Waals surface area contributed by atoms with Crippen LogP contribution in [0, 0.1) is 0 Å². The number of para-hydroxylation sites is 1. The van der Waals surface area contributed by atoms with Gasteiger partial charge in [-0.25, -0.2) is 9.78 Å². The van der Waals surface area contributed by atoms with Crippen LogP contribution in [0.4, 0.5) is 11.4 Å². The van der Waals surface area contributed by atoms with Gasteiger partial charge < -0.3 is 19.8 Å². The highest BCUT2D eigenvalue weighted by Gasteiger charge is 2.14. The topological polar surface area (TPSA) is 93.5 Å². The zero-order valence-electron chi connectivity index (χ0n) is 16.5. The largest absolute Gasteiger partial charge is 0.497 e. The van der Waals surface area contributed by atoms with E-state index in [0.717, 1.165) is 10.2 Å². The van der Waals surface area contributed by atoms with Gasteiger partial charge in [0.15, 0.2) is 0 Å². The first kappa shape index (κ1) is 20.6. The lowest BCUT2D eigenvalue weighted by molar-refractivity contribution is 0.102. The van der Waals surface area contributed by atoms with Crippen LogP contribution in [0.25, 0.3) is 11.0 Å². The summed E-state index contributed by atoms with van der Waals surface area (Å²) in [6.07, 6.45) is 1.75. The van der Waals surface area contributed by atoms with E-state index >= 15 is 0 Å². The molecule has 0 saturated heterocycles. The first-order valence-corrected chi connectivity index (χ1v) is 10.2. The zero-order valence-corrected chi connectivity index (χ0v) is 18.1. The van der Waals surface area contributed by atoms with Gasteiger partial charge in [0, 0.05) is 29.9 Å². The number of nitrogens with zero attached hydrogens (tertiary/aromatic N) is 1. The van der Waals surface area contributed by atoms with Crippen molar-refractivity contribution in [3.63, 3.8) is 0 Å². The summed E-state index contributed by atoms with van der Waals surface area (Å²) in [5.41, 5.74) is 1.81. The van der Waals surface area contributed by atoms with Crippen molar-refractivity contribution in [2.75, 3.05) is 17.7 Å². The lowest BCUT2D eigenvalue weighted by Crippen LogP contribution is -2.19. The molecule has 0 aliphatic heterocycles. The Morgan fingerprint density at radius 1 is 1.10 bits per heavy atom. The van der Waals surface area contributed by atoms with Crippen LogP contribution in [0.5, 0.6) is 5.75 Å². The van der Waals surface area contributed by atoms with Gasteiger partial charge in [-0.3, -0.25) is 4.79 Å². The summed E-state index contributed by atoms with van der Waals surface area (Å²) < 4.78 is 11.2. The van der Waals surface area contributed by atoms with Crippen LogP contribution >= 0.6 is 15.9 Å². The van der Waals surface area contributed by atoms with E-state index in [1.165, 1.54) is 7.11 Å². The number of carbonyl (C=O) groups is 1. The summed E-state index contributed by atoms with van der Waals surface area (Å²) in [5, 5.41) is 6.57. The van der Waals surface area contributed by atoms with Gasteiger partial charge in [-0.2, -0.15) is 0 Å². The molecule has 0 unspecified atom stereocenters. The lowest BCUT2D eigenvalue weighted by Gasteiger charge is -2.12. The van der Waals surface area contributed by atoms with Crippen molar-refractivity contribution in [3.05, 3.63) is 93.0 Å². The Morgan fingerprint density at radius 2 is 1.94 bits per heavy atom. The Balaban J connectivity index is 1.55. The van der Waals surface area contributed by atoms with Crippen LogP contribution in [0.2, 0.25) is 0 Å². The first-order valence-electron chi connectivity index (χ1n) is 9.40. The lowest BCUT2D eigenvalue weighted by atomic mass is 10.1. The molecule has 156 valence electrons. The fourth-order valence-corrected chi connectivity index (χ4v) is 3.27. The molecule has 0 saturated carbocycles. The first-order chi connectivity index (χ1) is 15.0. The number of nitrogens with one attached hydrogen (secondary N) is 2. The molecule has 2 heterocycles. The number of anilines is 2. The summed E-state index contributed by atoms with van der Waals surface area (Å²) in [4.78, 5) is 29.5. The second-order valence-electron chi connectivity index (χ2n) is 6.69. The van der Waals surface area contributed by atoms with Gasteiger partial charge >= 0.3 is 5.63 Å². The molecular weight excluding hydrogens is 462 g/mol. The number of hydrogen-bond acceptors (Lipinski definition) is 6. The molecule has 0 fully saturated rings. The van der Waals surface area contributed by atoms with Crippen molar-refractivity contribution in [1.29, 1.82) is 0 Å². The molecule has 7 nitrogen and oxygen atoms in total. The van der Waals surface area contributed by atoms with Crippen molar-refractivity contribution in [2.45, 2.75) is 6.54 Å². The molecule has 0 spiro atoms. The van der Waals surface area contributed by atoms with Crippen molar-refractivity contribution < 1.29 is 13.9 Å². The number of ether oxygens (including phenoxy) is 1. The van der Waals surface area contributed by atoms with Gasteiger partial charge in [-0.1, -0.05) is 18.2 Å². The number of pyridine rings is 1. The van der Waals surface area contributed by atoms with Crippen molar-refractivity contribution >= 4 is 44.2 Å². The highest BCUT2D eigenvalue weighted by atomic mass is 79.9. The van der Waals surface area contributed by atoms with Crippen LogP contribution in [-0.4, -0.2) is 18.0 Å². The summed E-state index contributed by atoms with van der Waals surface area (Å²) in [7, 11) is 1.53. The van der Waals surface area contributed by atoms with Crippen LogP contribution in [0.15, 0.2) is 80.7 Å². The van der Waals surface area contributed by atoms with Crippen LogP contribution in [0.1, 0.15) is 15.9 Å². The Labute approximate surface area is 186 Å². The van der Waals surface area contributed by atoms with Crippen molar-refractivity contribution in [3.8, 4) is 5.75 Å². The number of aromatic nitrogens is 1. The van der Waals surface area contributed by atoms with Gasteiger partial charge in [0.2, 0.25) is 0 Å². The summed E-state index contributed by atoms with van der Waals surface area (Å²) in [6, 6.07) is 17.6. The highest BCUT2D eigenvalue weighted by Crippen LogP contribution is 2.23. The molecule has 4 rings (SSSR count). The molecule has 2 aromatic carbocycles. The van der Waals surface area contributed by atoms with Gasteiger partial charge in [0.25, 0.3) is 5.91 Å². The summed E-state index contributed by atoms with van der Waals surface area (Å²) in [6.45, 7) is 0.491. The maximum absolute atomic E-state index is 12.9. The van der Waals surface area contributed by atoms with Gasteiger partial charge in [-0.15, -0.1) is 0 Å². The van der Waals surface area contributed by atoms with E-state index in [0.29, 0.717) is 34.5 Å². The predicted octanol–water partition coefficient (Wildman–Crippen LogP) is 4.82. The third-order valence-electron chi connectivity index (χ3n) is 4.63. The van der Waals surface area contributed by atoms with Crippen LogP contribution in [-0.2, 0) is 6.54 Å². The minimum atomic E-state index is -0.638. The minimum Gasteiger partial charge on any atom is -0.497 e. The molecule has 8 heteroatoms. The van der Waals surface area contributed by atoms with E-state index < -0.39 is 11.5 Å². The predicted molar refractivity (Wildman–Crippen MR) is 123 cm³/mol.